The van der Waals surface area contributed by atoms with E-state index in [1.807, 2.05) is 4.90 Å². The van der Waals surface area contributed by atoms with Crippen molar-refractivity contribution in [2.24, 2.45) is 5.41 Å². The summed E-state index contributed by atoms with van der Waals surface area (Å²) in [4.78, 5) is 18.8. The van der Waals surface area contributed by atoms with Gasteiger partial charge in [-0.3, -0.25) is 5.10 Å². The summed E-state index contributed by atoms with van der Waals surface area (Å²) in [5.41, 5.74) is 0.00155. The van der Waals surface area contributed by atoms with Crippen LogP contribution in [0.5, 0.6) is 0 Å². The molecule has 1 aliphatic carbocycles. The van der Waals surface area contributed by atoms with Gasteiger partial charge < -0.3 is 15.0 Å². The van der Waals surface area contributed by atoms with E-state index in [9.17, 15) is 4.79 Å². The highest BCUT2D eigenvalue weighted by Gasteiger charge is 2.50. The number of likely N-dealkylation sites (tertiary alicyclic amines) is 1. The average molecular weight is 349 g/mol. The van der Waals surface area contributed by atoms with Gasteiger partial charge in [-0.25, -0.2) is 9.78 Å². The van der Waals surface area contributed by atoms with Crippen molar-refractivity contribution in [2.75, 3.05) is 19.7 Å². The third kappa shape index (κ3) is 3.97. The van der Waals surface area contributed by atoms with Crippen LogP contribution in [0.4, 0.5) is 4.79 Å². The quantitative estimate of drug-likeness (QED) is 0.774. The minimum absolute atomic E-state index is 0.00155. The molecule has 7 heteroatoms. The number of aromatic nitrogens is 3. The first kappa shape index (κ1) is 18.2. The summed E-state index contributed by atoms with van der Waals surface area (Å²) in [6.07, 6.45) is 6.82. The van der Waals surface area contributed by atoms with Crippen LogP contribution in [0, 0.1) is 5.41 Å². The van der Waals surface area contributed by atoms with E-state index < -0.39 is 0 Å². The molecule has 1 aliphatic heterocycles. The summed E-state index contributed by atoms with van der Waals surface area (Å²) in [5.74, 6) is 1.32. The molecule has 1 saturated carbocycles. The van der Waals surface area contributed by atoms with Gasteiger partial charge in [-0.15, -0.1) is 0 Å². The number of carbonyl (C=O) groups excluding carboxylic acids is 1. The van der Waals surface area contributed by atoms with Crippen LogP contribution in [-0.4, -0.2) is 58.0 Å². The van der Waals surface area contributed by atoms with Crippen molar-refractivity contribution in [1.82, 2.24) is 25.4 Å². The fourth-order valence-electron chi connectivity index (χ4n) is 3.79. The number of hydrogen-bond acceptors (Lipinski definition) is 4. The zero-order valence-electron chi connectivity index (χ0n) is 15.6. The molecule has 2 aliphatic rings. The molecule has 0 radical (unpaired) electrons. The van der Waals surface area contributed by atoms with Crippen LogP contribution in [0.25, 0.3) is 0 Å². The lowest BCUT2D eigenvalue weighted by Gasteiger charge is -2.52. The standard InChI is InChI=1S/C18H31N5O2/c1-4-5-10-25-15-11-14(18(15,2)3)21-17(24)23-8-6-13(7-9-23)16-19-12-20-22-16/h12-15H,4-11H2,1-3H3,(H,21,24)(H,19,20,22). The number of nitrogens with zero attached hydrogens (tertiary/aromatic N) is 3. The maximum atomic E-state index is 12.6. The molecule has 1 aromatic heterocycles. The molecule has 0 spiro atoms. The number of urea groups is 1. The lowest BCUT2D eigenvalue weighted by Crippen LogP contribution is -2.63. The van der Waals surface area contributed by atoms with Gasteiger partial charge in [-0.1, -0.05) is 27.2 Å². The largest absolute Gasteiger partial charge is 0.378 e. The number of nitrogens with one attached hydrogen (secondary N) is 2. The zero-order valence-corrected chi connectivity index (χ0v) is 15.6. The van der Waals surface area contributed by atoms with Gasteiger partial charge in [0.1, 0.15) is 12.2 Å². The number of unbranched alkanes of at least 4 members (excludes halogenated alkanes) is 1. The molecule has 1 aromatic rings. The number of aromatic amines is 1. The topological polar surface area (TPSA) is 83.1 Å². The van der Waals surface area contributed by atoms with Crippen molar-refractivity contribution >= 4 is 6.03 Å². The van der Waals surface area contributed by atoms with Gasteiger partial charge >= 0.3 is 6.03 Å². The van der Waals surface area contributed by atoms with E-state index in [2.05, 4.69) is 41.3 Å². The number of rotatable bonds is 6. The zero-order chi connectivity index (χ0) is 17.9. The molecule has 2 N–H and O–H groups in total. The van der Waals surface area contributed by atoms with Crippen molar-refractivity contribution in [3.63, 3.8) is 0 Å². The lowest BCUT2D eigenvalue weighted by molar-refractivity contribution is -0.115. The van der Waals surface area contributed by atoms with E-state index in [0.717, 1.165) is 57.6 Å². The molecule has 2 amide bonds. The summed E-state index contributed by atoms with van der Waals surface area (Å²) in [5, 5.41) is 10.1. The molecular formula is C18H31N5O2. The highest BCUT2D eigenvalue weighted by molar-refractivity contribution is 5.75. The summed E-state index contributed by atoms with van der Waals surface area (Å²) < 4.78 is 5.97. The van der Waals surface area contributed by atoms with E-state index in [4.69, 9.17) is 4.74 Å². The van der Waals surface area contributed by atoms with Crippen LogP contribution in [0.15, 0.2) is 6.33 Å². The Kier molecular flexibility index (Phi) is 5.61. The number of amides is 2. The first-order valence-electron chi connectivity index (χ1n) is 9.54. The fraction of sp³-hybridized carbons (Fsp3) is 0.833. The molecular weight excluding hydrogens is 318 g/mol. The van der Waals surface area contributed by atoms with Gasteiger partial charge in [-0.2, -0.15) is 5.10 Å². The van der Waals surface area contributed by atoms with Crippen LogP contribution in [0.2, 0.25) is 0 Å². The second-order valence-electron chi connectivity index (χ2n) is 7.90. The SMILES string of the molecule is CCCCOC1CC(NC(=O)N2CCC(c3ncn[nH]3)CC2)C1(C)C. The Morgan fingerprint density at radius 3 is 2.80 bits per heavy atom. The van der Waals surface area contributed by atoms with Gasteiger partial charge in [0.25, 0.3) is 0 Å². The second-order valence-corrected chi connectivity index (χ2v) is 7.90. The van der Waals surface area contributed by atoms with E-state index in [1.165, 1.54) is 0 Å². The Bertz CT molecular complexity index is 552. The first-order valence-corrected chi connectivity index (χ1v) is 9.54. The maximum Gasteiger partial charge on any atom is 0.317 e. The molecule has 2 heterocycles. The monoisotopic (exact) mass is 349 g/mol. The molecule has 1 saturated heterocycles. The summed E-state index contributed by atoms with van der Waals surface area (Å²) in [6.45, 7) is 8.90. The lowest BCUT2D eigenvalue weighted by atomic mass is 9.64. The number of hydrogen-bond donors (Lipinski definition) is 2. The number of ether oxygens (including phenoxy) is 1. The van der Waals surface area contributed by atoms with Crippen molar-refractivity contribution < 1.29 is 9.53 Å². The third-order valence-corrected chi connectivity index (χ3v) is 5.89. The molecule has 3 rings (SSSR count). The number of H-pyrrole nitrogens is 1. The molecule has 25 heavy (non-hydrogen) atoms. The van der Waals surface area contributed by atoms with Crippen LogP contribution in [0.1, 0.15) is 64.6 Å². The molecule has 2 fully saturated rings. The molecule has 0 aromatic carbocycles. The van der Waals surface area contributed by atoms with Crippen molar-refractivity contribution in [2.45, 2.75) is 70.9 Å². The highest BCUT2D eigenvalue weighted by atomic mass is 16.5. The van der Waals surface area contributed by atoms with E-state index >= 15 is 0 Å². The van der Waals surface area contributed by atoms with Crippen molar-refractivity contribution in [3.05, 3.63) is 12.2 Å². The number of carbonyl (C=O) groups is 1. The van der Waals surface area contributed by atoms with Crippen LogP contribution >= 0.6 is 0 Å². The Balaban J connectivity index is 1.43. The van der Waals surface area contributed by atoms with Gasteiger partial charge in [0.2, 0.25) is 0 Å². The fourth-order valence-corrected chi connectivity index (χ4v) is 3.79. The van der Waals surface area contributed by atoms with Crippen molar-refractivity contribution in [3.8, 4) is 0 Å². The Morgan fingerprint density at radius 1 is 1.44 bits per heavy atom. The average Bonchev–Trinajstić information content (AvgIpc) is 3.15. The Morgan fingerprint density at radius 2 is 2.20 bits per heavy atom. The Hall–Kier alpha value is -1.63. The molecule has 0 bridgehead atoms. The Labute approximate surface area is 149 Å². The minimum Gasteiger partial charge on any atom is -0.378 e. The van der Waals surface area contributed by atoms with Crippen LogP contribution in [0.3, 0.4) is 0 Å². The summed E-state index contributed by atoms with van der Waals surface area (Å²) in [7, 11) is 0. The maximum absolute atomic E-state index is 12.6. The molecule has 7 nitrogen and oxygen atoms in total. The van der Waals surface area contributed by atoms with E-state index in [1.54, 1.807) is 6.33 Å². The molecule has 140 valence electrons. The van der Waals surface area contributed by atoms with Gasteiger partial charge in [-0.05, 0) is 25.7 Å². The second kappa shape index (κ2) is 7.72. The van der Waals surface area contributed by atoms with Crippen molar-refractivity contribution in [1.29, 1.82) is 0 Å². The predicted octanol–water partition coefficient (Wildman–Crippen LogP) is 2.68. The summed E-state index contributed by atoms with van der Waals surface area (Å²) >= 11 is 0. The highest BCUT2D eigenvalue weighted by Crippen LogP contribution is 2.43. The number of piperidine rings is 1. The third-order valence-electron chi connectivity index (χ3n) is 5.89. The minimum atomic E-state index is 0.00155. The van der Waals surface area contributed by atoms with E-state index in [-0.39, 0.29) is 23.6 Å². The van der Waals surface area contributed by atoms with Crippen LogP contribution in [-0.2, 0) is 4.74 Å². The molecule has 2 atom stereocenters. The molecule has 2 unspecified atom stereocenters. The normalized spacial score (nSPS) is 26.3. The van der Waals surface area contributed by atoms with Crippen LogP contribution < -0.4 is 5.32 Å². The van der Waals surface area contributed by atoms with E-state index in [0.29, 0.717) is 5.92 Å². The predicted molar refractivity (Wildman–Crippen MR) is 95.3 cm³/mol. The van der Waals surface area contributed by atoms with Gasteiger partial charge in [0.15, 0.2) is 0 Å². The smallest absolute Gasteiger partial charge is 0.317 e. The van der Waals surface area contributed by atoms with Gasteiger partial charge in [0, 0.05) is 37.1 Å². The first-order chi connectivity index (χ1) is 12.0. The summed E-state index contributed by atoms with van der Waals surface area (Å²) in [6, 6.07) is 0.250. The van der Waals surface area contributed by atoms with Gasteiger partial charge in [0.05, 0.1) is 6.10 Å².